The lowest BCUT2D eigenvalue weighted by Crippen LogP contribution is -2.41. The summed E-state index contributed by atoms with van der Waals surface area (Å²) in [6, 6.07) is 8.35. The molecule has 0 saturated heterocycles. The zero-order valence-electron chi connectivity index (χ0n) is 12.6. The Bertz CT molecular complexity index is 440. The van der Waals surface area contributed by atoms with Crippen molar-refractivity contribution < 1.29 is 9.53 Å². The summed E-state index contributed by atoms with van der Waals surface area (Å²) in [5.74, 6) is 0.773. The van der Waals surface area contributed by atoms with Crippen LogP contribution in [0.2, 0.25) is 0 Å². The molecule has 1 aromatic carbocycles. The standard InChI is InChI=1S/C16H24N2O2/c1-4-20-15-9-5-13(6-10-15)16(19)17-11-12(2)18(3)14-7-8-14/h5-6,9-10,12,14H,4,7-8,11H2,1-3H3,(H,17,19). The molecule has 1 aliphatic carbocycles. The van der Waals surface area contributed by atoms with Gasteiger partial charge in [-0.3, -0.25) is 9.69 Å². The van der Waals surface area contributed by atoms with E-state index in [1.165, 1.54) is 12.8 Å². The fraction of sp³-hybridized carbons (Fsp3) is 0.562. The molecule has 1 aliphatic rings. The van der Waals surface area contributed by atoms with Gasteiger partial charge in [0.2, 0.25) is 0 Å². The van der Waals surface area contributed by atoms with E-state index in [1.54, 1.807) is 12.1 Å². The Kier molecular flexibility index (Phi) is 5.01. The van der Waals surface area contributed by atoms with Crippen molar-refractivity contribution in [3.63, 3.8) is 0 Å². The largest absolute Gasteiger partial charge is 0.494 e. The molecule has 1 unspecified atom stereocenters. The van der Waals surface area contributed by atoms with Gasteiger partial charge in [-0.05, 0) is 58.0 Å². The Morgan fingerprint density at radius 3 is 2.60 bits per heavy atom. The number of hydrogen-bond donors (Lipinski definition) is 1. The van der Waals surface area contributed by atoms with E-state index in [0.29, 0.717) is 30.8 Å². The highest BCUT2D eigenvalue weighted by Crippen LogP contribution is 2.26. The predicted octanol–water partition coefficient (Wildman–Crippen LogP) is 2.30. The smallest absolute Gasteiger partial charge is 0.251 e. The summed E-state index contributed by atoms with van der Waals surface area (Å²) in [4.78, 5) is 14.4. The minimum Gasteiger partial charge on any atom is -0.494 e. The van der Waals surface area contributed by atoms with Gasteiger partial charge in [-0.15, -0.1) is 0 Å². The molecule has 1 fully saturated rings. The summed E-state index contributed by atoms with van der Waals surface area (Å²) < 4.78 is 5.37. The Hall–Kier alpha value is -1.55. The van der Waals surface area contributed by atoms with E-state index < -0.39 is 0 Å². The molecular weight excluding hydrogens is 252 g/mol. The molecule has 0 bridgehead atoms. The molecule has 4 nitrogen and oxygen atoms in total. The summed E-state index contributed by atoms with van der Waals surface area (Å²) in [7, 11) is 2.13. The van der Waals surface area contributed by atoms with Crippen LogP contribution in [0.1, 0.15) is 37.0 Å². The first-order chi connectivity index (χ1) is 9.61. The second-order valence-electron chi connectivity index (χ2n) is 5.41. The molecule has 1 atom stereocenters. The number of nitrogens with zero attached hydrogens (tertiary/aromatic N) is 1. The van der Waals surface area contributed by atoms with Crippen LogP contribution in [0.5, 0.6) is 5.75 Å². The fourth-order valence-corrected chi connectivity index (χ4v) is 2.20. The number of hydrogen-bond acceptors (Lipinski definition) is 3. The first-order valence-corrected chi connectivity index (χ1v) is 7.34. The van der Waals surface area contributed by atoms with Gasteiger partial charge in [0.1, 0.15) is 5.75 Å². The van der Waals surface area contributed by atoms with Crippen LogP contribution in [0.4, 0.5) is 0 Å². The van der Waals surface area contributed by atoms with Gasteiger partial charge in [0.05, 0.1) is 6.61 Å². The molecule has 1 saturated carbocycles. The van der Waals surface area contributed by atoms with Crippen molar-refractivity contribution in [1.82, 2.24) is 10.2 Å². The van der Waals surface area contributed by atoms with Gasteiger partial charge in [-0.2, -0.15) is 0 Å². The van der Waals surface area contributed by atoms with E-state index in [2.05, 4.69) is 24.2 Å². The third kappa shape index (κ3) is 3.97. The van der Waals surface area contributed by atoms with Crippen molar-refractivity contribution in [3.8, 4) is 5.75 Å². The number of nitrogens with one attached hydrogen (secondary N) is 1. The lowest BCUT2D eigenvalue weighted by Gasteiger charge is -2.24. The summed E-state index contributed by atoms with van der Waals surface area (Å²) in [5.41, 5.74) is 0.676. The highest BCUT2D eigenvalue weighted by Gasteiger charge is 2.29. The molecule has 1 aromatic rings. The van der Waals surface area contributed by atoms with E-state index in [4.69, 9.17) is 4.74 Å². The van der Waals surface area contributed by atoms with Crippen LogP contribution in [-0.4, -0.2) is 43.1 Å². The van der Waals surface area contributed by atoms with Crippen molar-refractivity contribution in [1.29, 1.82) is 0 Å². The van der Waals surface area contributed by atoms with Crippen LogP contribution in [0.3, 0.4) is 0 Å². The number of benzene rings is 1. The quantitative estimate of drug-likeness (QED) is 0.831. The van der Waals surface area contributed by atoms with Crippen molar-refractivity contribution in [2.45, 2.75) is 38.8 Å². The summed E-state index contributed by atoms with van der Waals surface area (Å²) >= 11 is 0. The lowest BCUT2D eigenvalue weighted by atomic mass is 10.2. The number of carbonyl (C=O) groups excluding carboxylic acids is 1. The molecule has 0 radical (unpaired) electrons. The third-order valence-corrected chi connectivity index (χ3v) is 3.80. The van der Waals surface area contributed by atoms with Crippen molar-refractivity contribution in [2.24, 2.45) is 0 Å². The maximum atomic E-state index is 12.1. The second kappa shape index (κ2) is 6.75. The maximum absolute atomic E-state index is 12.1. The van der Waals surface area contributed by atoms with Gasteiger partial charge < -0.3 is 10.1 Å². The summed E-state index contributed by atoms with van der Waals surface area (Å²) in [6.45, 7) is 5.41. The maximum Gasteiger partial charge on any atom is 0.251 e. The minimum absolute atomic E-state index is 0.0240. The first-order valence-electron chi connectivity index (χ1n) is 7.34. The average molecular weight is 276 g/mol. The number of carbonyl (C=O) groups is 1. The van der Waals surface area contributed by atoms with Gasteiger partial charge >= 0.3 is 0 Å². The average Bonchev–Trinajstić information content (AvgIpc) is 3.29. The Morgan fingerprint density at radius 1 is 1.40 bits per heavy atom. The van der Waals surface area contributed by atoms with Crippen molar-refractivity contribution in [2.75, 3.05) is 20.2 Å². The Morgan fingerprint density at radius 2 is 2.05 bits per heavy atom. The number of likely N-dealkylation sites (N-methyl/N-ethyl adjacent to an activating group) is 1. The van der Waals surface area contributed by atoms with Crippen molar-refractivity contribution >= 4 is 5.91 Å². The van der Waals surface area contributed by atoms with Gasteiger partial charge in [-0.1, -0.05) is 0 Å². The highest BCUT2D eigenvalue weighted by molar-refractivity contribution is 5.94. The predicted molar refractivity (Wildman–Crippen MR) is 80.2 cm³/mol. The molecular formula is C16H24N2O2. The van der Waals surface area contributed by atoms with E-state index >= 15 is 0 Å². The van der Waals surface area contributed by atoms with Gasteiger partial charge in [0, 0.05) is 24.2 Å². The second-order valence-corrected chi connectivity index (χ2v) is 5.41. The molecule has 0 spiro atoms. The molecule has 2 rings (SSSR count). The first kappa shape index (κ1) is 14.9. The van der Waals surface area contributed by atoms with Crippen LogP contribution in [0.15, 0.2) is 24.3 Å². The monoisotopic (exact) mass is 276 g/mol. The lowest BCUT2D eigenvalue weighted by molar-refractivity contribution is 0.0939. The van der Waals surface area contributed by atoms with E-state index in [0.717, 1.165) is 5.75 Å². The SMILES string of the molecule is CCOc1ccc(C(=O)NCC(C)N(C)C2CC2)cc1. The topological polar surface area (TPSA) is 41.6 Å². The van der Waals surface area contributed by atoms with E-state index in [1.807, 2.05) is 19.1 Å². The fourth-order valence-electron chi connectivity index (χ4n) is 2.20. The molecule has 1 amide bonds. The molecule has 4 heteroatoms. The van der Waals surface area contributed by atoms with E-state index in [9.17, 15) is 4.79 Å². The van der Waals surface area contributed by atoms with Crippen molar-refractivity contribution in [3.05, 3.63) is 29.8 Å². The van der Waals surface area contributed by atoms with Gasteiger partial charge in [-0.25, -0.2) is 0 Å². The van der Waals surface area contributed by atoms with Crippen LogP contribution >= 0.6 is 0 Å². The zero-order valence-corrected chi connectivity index (χ0v) is 12.6. The summed E-state index contributed by atoms with van der Waals surface area (Å²) in [5, 5.41) is 2.99. The number of rotatable bonds is 7. The number of ether oxygens (including phenoxy) is 1. The highest BCUT2D eigenvalue weighted by atomic mass is 16.5. The molecule has 1 N–H and O–H groups in total. The Balaban J connectivity index is 1.81. The van der Waals surface area contributed by atoms with Crippen LogP contribution < -0.4 is 10.1 Å². The van der Waals surface area contributed by atoms with Gasteiger partial charge in [0.25, 0.3) is 5.91 Å². The van der Waals surface area contributed by atoms with E-state index in [-0.39, 0.29) is 5.91 Å². The zero-order chi connectivity index (χ0) is 14.5. The van der Waals surface area contributed by atoms with Gasteiger partial charge in [0.15, 0.2) is 0 Å². The van der Waals surface area contributed by atoms with Crippen LogP contribution in [0, 0.1) is 0 Å². The molecule has 0 heterocycles. The van der Waals surface area contributed by atoms with Crippen LogP contribution in [0.25, 0.3) is 0 Å². The molecule has 110 valence electrons. The molecule has 0 aromatic heterocycles. The normalized spacial score (nSPS) is 16.0. The molecule has 20 heavy (non-hydrogen) atoms. The number of amides is 1. The van der Waals surface area contributed by atoms with Crippen LogP contribution in [-0.2, 0) is 0 Å². The minimum atomic E-state index is -0.0240. The molecule has 0 aliphatic heterocycles. The Labute approximate surface area is 121 Å². The third-order valence-electron chi connectivity index (χ3n) is 3.80. The summed E-state index contributed by atoms with van der Waals surface area (Å²) in [6.07, 6.45) is 2.57.